The number of hydrogen-bond donors (Lipinski definition) is 0. The highest BCUT2D eigenvalue weighted by atomic mass is 32.1. The minimum Gasteiger partial charge on any atom is -0.465 e. The SMILES string of the molecule is [3H]c1csc(OCc2csnc2-n2nnn(C)c2=O)n1. The van der Waals surface area contributed by atoms with Crippen molar-refractivity contribution >= 4 is 22.9 Å². The molecular formula is C9H8N6O2S2. The lowest BCUT2D eigenvalue weighted by molar-refractivity contribution is 0.304. The number of rotatable bonds is 4. The fraction of sp³-hybridized carbons (Fsp3) is 0.222. The standard InChI is InChI=1S/C9H8N6O2S2/c1-14-9(16)15(13-12-14)7-6(5-19-11-7)4-17-8-10-2-3-18-8/h2-3,5H,4H2,1H3/i2T. The van der Waals surface area contributed by atoms with E-state index in [1.807, 2.05) is 0 Å². The molecular weight excluding hydrogens is 288 g/mol. The van der Waals surface area contributed by atoms with Crippen LogP contribution in [0.3, 0.4) is 0 Å². The van der Waals surface area contributed by atoms with Crippen molar-refractivity contribution in [3.63, 3.8) is 0 Å². The molecule has 10 heteroatoms. The Morgan fingerprint density at radius 3 is 3.11 bits per heavy atom. The summed E-state index contributed by atoms with van der Waals surface area (Å²) in [5, 5.41) is 11.1. The molecule has 0 radical (unpaired) electrons. The lowest BCUT2D eigenvalue weighted by Crippen LogP contribution is -2.23. The predicted molar refractivity (Wildman–Crippen MR) is 68.7 cm³/mol. The van der Waals surface area contributed by atoms with Crippen molar-refractivity contribution in [2.75, 3.05) is 0 Å². The molecule has 0 atom stereocenters. The molecule has 0 aliphatic heterocycles. The van der Waals surface area contributed by atoms with Crippen molar-refractivity contribution in [1.82, 2.24) is 29.1 Å². The average Bonchev–Trinajstić information content (AvgIpc) is 3.11. The third-order valence-corrected chi connectivity index (χ3v) is 3.57. The van der Waals surface area contributed by atoms with E-state index >= 15 is 0 Å². The van der Waals surface area contributed by atoms with Gasteiger partial charge in [-0.3, -0.25) is 0 Å². The van der Waals surface area contributed by atoms with Crippen molar-refractivity contribution in [1.29, 1.82) is 0 Å². The quantitative estimate of drug-likeness (QED) is 0.695. The van der Waals surface area contributed by atoms with E-state index in [1.54, 1.807) is 10.8 Å². The number of aryl methyl sites for hydroxylation is 1. The van der Waals surface area contributed by atoms with Crippen molar-refractivity contribution in [3.8, 4) is 11.0 Å². The maximum atomic E-state index is 11.8. The van der Waals surface area contributed by atoms with Crippen molar-refractivity contribution in [3.05, 3.63) is 33.0 Å². The van der Waals surface area contributed by atoms with Crippen LogP contribution in [0.2, 0.25) is 0 Å². The van der Waals surface area contributed by atoms with E-state index in [4.69, 9.17) is 6.11 Å². The third kappa shape index (κ3) is 2.27. The largest absolute Gasteiger partial charge is 0.465 e. The Balaban J connectivity index is 1.83. The van der Waals surface area contributed by atoms with E-state index < -0.39 is 0 Å². The number of hydrogen-bond acceptors (Lipinski definition) is 8. The van der Waals surface area contributed by atoms with Gasteiger partial charge in [0.1, 0.15) is 6.61 Å². The Bertz CT molecular complexity index is 790. The molecule has 3 aromatic heterocycles. The van der Waals surface area contributed by atoms with Gasteiger partial charge in [0, 0.05) is 29.5 Å². The normalized spacial score (nSPS) is 11.5. The van der Waals surface area contributed by atoms with Crippen LogP contribution in [0.25, 0.3) is 5.82 Å². The van der Waals surface area contributed by atoms with Crippen LogP contribution >= 0.6 is 22.9 Å². The van der Waals surface area contributed by atoms with Crippen LogP contribution in [0.5, 0.6) is 5.19 Å². The van der Waals surface area contributed by atoms with E-state index in [-0.39, 0.29) is 18.5 Å². The molecule has 3 rings (SSSR count). The Morgan fingerprint density at radius 2 is 2.42 bits per heavy atom. The summed E-state index contributed by atoms with van der Waals surface area (Å²) in [6.07, 6.45) is 0.166. The molecule has 0 fully saturated rings. The molecule has 0 N–H and O–H groups in total. The topological polar surface area (TPSA) is 87.7 Å². The maximum Gasteiger partial charge on any atom is 0.369 e. The van der Waals surface area contributed by atoms with Crippen LogP contribution in [0.15, 0.2) is 21.7 Å². The second kappa shape index (κ2) is 4.90. The van der Waals surface area contributed by atoms with Gasteiger partial charge in [0.25, 0.3) is 5.19 Å². The van der Waals surface area contributed by atoms with Crippen molar-refractivity contribution < 1.29 is 6.11 Å². The van der Waals surface area contributed by atoms with E-state index in [2.05, 4.69) is 19.8 Å². The Morgan fingerprint density at radius 1 is 1.53 bits per heavy atom. The molecule has 0 saturated carbocycles. The highest BCUT2D eigenvalue weighted by molar-refractivity contribution is 7.11. The molecule has 0 aliphatic rings. The number of nitrogens with zero attached hydrogens (tertiary/aromatic N) is 6. The molecule has 3 aromatic rings. The zero-order chi connectivity index (χ0) is 14.1. The first-order chi connectivity index (χ1) is 9.65. The van der Waals surface area contributed by atoms with Crippen LogP contribution in [-0.2, 0) is 13.7 Å². The zero-order valence-corrected chi connectivity index (χ0v) is 11.3. The average molecular weight is 298 g/mol. The van der Waals surface area contributed by atoms with Crippen LogP contribution in [0, 0.1) is 0 Å². The number of thiazole rings is 1. The summed E-state index contributed by atoms with van der Waals surface area (Å²) < 4.78 is 19.2. The summed E-state index contributed by atoms with van der Waals surface area (Å²) in [6.45, 7) is 0.196. The molecule has 3 heterocycles. The van der Waals surface area contributed by atoms with Gasteiger partial charge in [-0.25, -0.2) is 9.78 Å². The van der Waals surface area contributed by atoms with Gasteiger partial charge in [0.2, 0.25) is 0 Å². The summed E-state index contributed by atoms with van der Waals surface area (Å²) in [6, 6.07) is 0. The monoisotopic (exact) mass is 298 g/mol. The Kier molecular flexibility index (Phi) is 2.79. The molecule has 0 saturated heterocycles. The summed E-state index contributed by atoms with van der Waals surface area (Å²) in [5.41, 5.74) is 0.333. The van der Waals surface area contributed by atoms with Crippen LogP contribution in [0.4, 0.5) is 0 Å². The third-order valence-electron chi connectivity index (χ3n) is 2.26. The first-order valence-corrected chi connectivity index (χ1v) is 6.84. The minimum atomic E-state index is -0.375. The predicted octanol–water partition coefficient (Wildman–Crippen LogP) is 0.458. The van der Waals surface area contributed by atoms with E-state index in [1.165, 1.54) is 29.9 Å². The minimum absolute atomic E-state index is 0.166. The summed E-state index contributed by atoms with van der Waals surface area (Å²) in [4.78, 5) is 15.7. The molecule has 0 aromatic carbocycles. The van der Waals surface area contributed by atoms with Gasteiger partial charge in [0.15, 0.2) is 5.82 Å². The Hall–Kier alpha value is -2.07. The van der Waals surface area contributed by atoms with Crippen LogP contribution in [-0.4, -0.2) is 29.1 Å². The molecule has 98 valence electrons. The van der Waals surface area contributed by atoms with Gasteiger partial charge >= 0.3 is 5.69 Å². The molecule has 0 unspecified atom stereocenters. The maximum absolute atomic E-state index is 11.8. The molecule has 19 heavy (non-hydrogen) atoms. The number of ether oxygens (including phenoxy) is 1. The van der Waals surface area contributed by atoms with Gasteiger partial charge in [-0.1, -0.05) is 11.3 Å². The lowest BCUT2D eigenvalue weighted by atomic mass is 10.3. The van der Waals surface area contributed by atoms with E-state index in [9.17, 15) is 4.79 Å². The van der Waals surface area contributed by atoms with E-state index in [0.717, 1.165) is 9.36 Å². The lowest BCUT2D eigenvalue weighted by Gasteiger charge is -2.01. The van der Waals surface area contributed by atoms with Crippen molar-refractivity contribution in [2.24, 2.45) is 7.05 Å². The first kappa shape index (κ1) is 10.8. The van der Waals surface area contributed by atoms with Crippen LogP contribution < -0.4 is 10.4 Å². The molecule has 0 spiro atoms. The number of aromatic nitrogens is 6. The fourth-order valence-corrected chi connectivity index (χ4v) is 2.45. The molecule has 0 bridgehead atoms. The number of tetrazole rings is 1. The molecule has 0 amide bonds. The van der Waals surface area contributed by atoms with Gasteiger partial charge in [-0.05, 0) is 22.0 Å². The second-order valence-electron chi connectivity index (χ2n) is 3.49. The fourth-order valence-electron chi connectivity index (χ4n) is 1.36. The Labute approximate surface area is 116 Å². The summed E-state index contributed by atoms with van der Waals surface area (Å²) in [5.74, 6) is 0.399. The summed E-state index contributed by atoms with van der Waals surface area (Å²) >= 11 is 2.44. The van der Waals surface area contributed by atoms with Crippen LogP contribution in [0.1, 0.15) is 6.93 Å². The smallest absolute Gasteiger partial charge is 0.369 e. The van der Waals surface area contributed by atoms with Gasteiger partial charge in [-0.2, -0.15) is 9.06 Å². The first-order valence-electron chi connectivity index (χ1n) is 5.62. The summed E-state index contributed by atoms with van der Waals surface area (Å²) in [7, 11) is 1.51. The van der Waals surface area contributed by atoms with Gasteiger partial charge in [0.05, 0.1) is 1.37 Å². The highest BCUT2D eigenvalue weighted by Crippen LogP contribution is 2.19. The second-order valence-corrected chi connectivity index (χ2v) is 4.94. The molecule has 8 nitrogen and oxygen atoms in total. The van der Waals surface area contributed by atoms with Gasteiger partial charge < -0.3 is 4.74 Å². The van der Waals surface area contributed by atoms with Crippen molar-refractivity contribution in [2.45, 2.75) is 6.61 Å². The zero-order valence-electron chi connectivity index (χ0n) is 10.7. The molecule has 0 aliphatic carbocycles. The van der Waals surface area contributed by atoms with E-state index in [0.29, 0.717) is 16.6 Å². The van der Waals surface area contributed by atoms with Gasteiger partial charge in [-0.15, -0.1) is 4.68 Å². The highest BCUT2D eigenvalue weighted by Gasteiger charge is 2.14.